The second-order valence-corrected chi connectivity index (χ2v) is 11.6. The summed E-state index contributed by atoms with van der Waals surface area (Å²) in [6, 6.07) is 2.22. The number of hydrogen-bond acceptors (Lipinski definition) is 1. The lowest BCUT2D eigenvalue weighted by molar-refractivity contribution is 0.400. The quantitative estimate of drug-likeness (QED) is 0.139. The molecule has 0 amide bonds. The van der Waals surface area contributed by atoms with Crippen LogP contribution in [0.5, 0.6) is 0 Å². The van der Waals surface area contributed by atoms with Gasteiger partial charge >= 0.3 is 0 Å². The summed E-state index contributed by atoms with van der Waals surface area (Å²) in [7, 11) is 0. The van der Waals surface area contributed by atoms with Gasteiger partial charge in [0.15, 0.2) is 0 Å². The Hall–Kier alpha value is 0.180. The minimum absolute atomic E-state index is 0.874. The molecule has 1 aromatic heterocycles. The Bertz CT molecular complexity index is 467. The van der Waals surface area contributed by atoms with E-state index in [1.807, 2.05) is 0 Å². The topological polar surface area (TPSA) is 0 Å². The molecule has 1 rings (SSSR count). The van der Waals surface area contributed by atoms with Crippen molar-refractivity contribution in [1.29, 1.82) is 0 Å². The molecule has 0 nitrogen and oxygen atoms in total. The molecule has 0 N–H and O–H groups in total. The number of thiophene rings is 1. The van der Waals surface area contributed by atoms with Crippen LogP contribution in [0.25, 0.3) is 0 Å². The van der Waals surface area contributed by atoms with E-state index >= 15 is 0 Å². The highest BCUT2D eigenvalue weighted by atomic mass is 79.9. The molecule has 0 fully saturated rings. The van der Waals surface area contributed by atoms with Crippen LogP contribution >= 0.6 is 27.3 Å². The Morgan fingerprint density at radius 3 is 1.43 bits per heavy atom. The molecule has 1 aromatic rings. The van der Waals surface area contributed by atoms with Crippen molar-refractivity contribution in [3.63, 3.8) is 0 Å². The van der Waals surface area contributed by atoms with Gasteiger partial charge in [-0.05, 0) is 39.9 Å². The van der Waals surface area contributed by atoms with Gasteiger partial charge in [-0.15, -0.1) is 11.3 Å². The summed E-state index contributed by atoms with van der Waals surface area (Å²) >= 11 is 5.46. The minimum atomic E-state index is 0.874. The first-order chi connectivity index (χ1) is 14.8. The van der Waals surface area contributed by atoms with Gasteiger partial charge < -0.3 is 0 Å². The Labute approximate surface area is 202 Å². The Morgan fingerprint density at radius 1 is 0.667 bits per heavy atom. The van der Waals surface area contributed by atoms with Crippen molar-refractivity contribution in [2.75, 3.05) is 0 Å². The Morgan fingerprint density at radius 2 is 1.07 bits per heavy atom. The summed E-state index contributed by atoms with van der Waals surface area (Å²) in [6.07, 6.45) is 30.0. The molecule has 0 aliphatic rings. The third kappa shape index (κ3) is 15.9. The molecule has 1 atom stereocenters. The molecule has 1 radical (unpaired) electrons. The monoisotopic (exact) mass is 497 g/mol. The molecule has 0 spiro atoms. The third-order valence-electron chi connectivity index (χ3n) is 6.57. The molecule has 2 heteroatoms. The fourth-order valence-corrected chi connectivity index (χ4v) is 5.70. The molecular weight excluding hydrogens is 448 g/mol. The number of halogens is 1. The molecule has 1 unspecified atom stereocenters. The summed E-state index contributed by atoms with van der Waals surface area (Å²) < 4.78 is 1.31. The van der Waals surface area contributed by atoms with E-state index in [4.69, 9.17) is 0 Å². The molecule has 1 heterocycles. The Balaban J connectivity index is 2.14. The third-order valence-corrected chi connectivity index (χ3v) is 8.25. The molecule has 30 heavy (non-hydrogen) atoms. The van der Waals surface area contributed by atoms with E-state index in [0.29, 0.717) is 0 Å². The van der Waals surface area contributed by atoms with Crippen LogP contribution in [0, 0.1) is 11.3 Å². The minimum Gasteiger partial charge on any atom is -0.127 e. The molecule has 0 saturated heterocycles. The second kappa shape index (κ2) is 21.0. The predicted octanol–water partition coefficient (Wildman–Crippen LogP) is 11.3. The van der Waals surface area contributed by atoms with Crippen LogP contribution in [0.2, 0.25) is 0 Å². The SMILES string of the molecule is CCCCCCCCCCCCC(CCCCCCCCCC)Cc1c[c]sc1Br. The van der Waals surface area contributed by atoms with Crippen molar-refractivity contribution in [2.45, 2.75) is 149 Å². The Kier molecular flexibility index (Phi) is 19.8. The first-order valence-corrected chi connectivity index (χ1v) is 15.0. The van der Waals surface area contributed by atoms with E-state index in [9.17, 15) is 0 Å². The van der Waals surface area contributed by atoms with E-state index in [0.717, 1.165) is 5.92 Å². The van der Waals surface area contributed by atoms with Crippen LogP contribution in [-0.4, -0.2) is 0 Å². The highest BCUT2D eigenvalue weighted by Crippen LogP contribution is 2.29. The lowest BCUT2D eigenvalue weighted by atomic mass is 9.89. The van der Waals surface area contributed by atoms with Crippen molar-refractivity contribution in [1.82, 2.24) is 0 Å². The molecule has 0 aromatic carbocycles. The maximum atomic E-state index is 3.74. The normalized spacial score (nSPS) is 12.5. The van der Waals surface area contributed by atoms with Crippen molar-refractivity contribution in [3.8, 4) is 0 Å². The summed E-state index contributed by atoms with van der Waals surface area (Å²) in [4.78, 5) is 0. The first kappa shape index (κ1) is 28.2. The van der Waals surface area contributed by atoms with Crippen molar-refractivity contribution in [2.24, 2.45) is 5.92 Å². The highest BCUT2D eigenvalue weighted by molar-refractivity contribution is 9.11. The zero-order valence-corrected chi connectivity index (χ0v) is 22.7. The molecular formula is C28H50BrS. The van der Waals surface area contributed by atoms with E-state index in [1.54, 1.807) is 11.3 Å². The smallest absolute Gasteiger partial charge is 0.0737 e. The van der Waals surface area contributed by atoms with Crippen LogP contribution < -0.4 is 0 Å². The van der Waals surface area contributed by atoms with E-state index in [-0.39, 0.29) is 0 Å². The largest absolute Gasteiger partial charge is 0.127 e. The highest BCUT2D eigenvalue weighted by Gasteiger charge is 2.12. The maximum Gasteiger partial charge on any atom is 0.0737 e. The fraction of sp³-hybridized carbons (Fsp3) is 0.857. The van der Waals surface area contributed by atoms with Crippen LogP contribution in [0.4, 0.5) is 0 Å². The van der Waals surface area contributed by atoms with Crippen molar-refractivity contribution >= 4 is 27.3 Å². The molecule has 0 aliphatic heterocycles. The second-order valence-electron chi connectivity index (χ2n) is 9.47. The summed E-state index contributed by atoms with van der Waals surface area (Å²) in [5.74, 6) is 0.874. The van der Waals surface area contributed by atoms with Gasteiger partial charge in [-0.3, -0.25) is 0 Å². The molecule has 0 bridgehead atoms. The summed E-state index contributed by atoms with van der Waals surface area (Å²) in [5, 5.41) is 3.31. The van der Waals surface area contributed by atoms with E-state index in [1.165, 1.54) is 144 Å². The van der Waals surface area contributed by atoms with Gasteiger partial charge in [0.1, 0.15) is 0 Å². The maximum absolute atomic E-state index is 3.74. The van der Waals surface area contributed by atoms with Crippen LogP contribution in [0.15, 0.2) is 9.85 Å². The van der Waals surface area contributed by atoms with Crippen molar-refractivity contribution in [3.05, 3.63) is 20.8 Å². The fourth-order valence-electron chi connectivity index (χ4n) is 4.56. The van der Waals surface area contributed by atoms with Gasteiger partial charge in [0.25, 0.3) is 0 Å². The number of hydrogen-bond donors (Lipinski definition) is 0. The van der Waals surface area contributed by atoms with Gasteiger partial charge in [-0.1, -0.05) is 142 Å². The predicted molar refractivity (Wildman–Crippen MR) is 142 cm³/mol. The van der Waals surface area contributed by atoms with E-state index in [2.05, 4.69) is 41.2 Å². The summed E-state index contributed by atoms with van der Waals surface area (Å²) in [5.41, 5.74) is 1.50. The first-order valence-electron chi connectivity index (χ1n) is 13.4. The lowest BCUT2D eigenvalue weighted by Gasteiger charge is -2.17. The molecule has 0 aliphatic carbocycles. The van der Waals surface area contributed by atoms with Crippen LogP contribution in [-0.2, 0) is 6.42 Å². The van der Waals surface area contributed by atoms with Crippen LogP contribution in [0.1, 0.15) is 148 Å². The van der Waals surface area contributed by atoms with Gasteiger partial charge in [0.2, 0.25) is 0 Å². The number of rotatable bonds is 22. The lowest BCUT2D eigenvalue weighted by Crippen LogP contribution is -2.05. The van der Waals surface area contributed by atoms with Gasteiger partial charge in [0, 0.05) is 5.38 Å². The van der Waals surface area contributed by atoms with Gasteiger partial charge in [0.05, 0.1) is 3.79 Å². The average Bonchev–Trinajstić information content (AvgIpc) is 3.15. The summed E-state index contributed by atoms with van der Waals surface area (Å²) in [6.45, 7) is 4.61. The molecule has 0 saturated carbocycles. The van der Waals surface area contributed by atoms with E-state index < -0.39 is 0 Å². The number of unbranched alkanes of at least 4 members (excludes halogenated alkanes) is 16. The van der Waals surface area contributed by atoms with Crippen molar-refractivity contribution < 1.29 is 0 Å². The van der Waals surface area contributed by atoms with Gasteiger partial charge in [-0.25, -0.2) is 0 Å². The average molecular weight is 499 g/mol. The van der Waals surface area contributed by atoms with Crippen LogP contribution in [0.3, 0.4) is 0 Å². The van der Waals surface area contributed by atoms with Gasteiger partial charge in [-0.2, -0.15) is 0 Å². The molecule has 175 valence electrons. The zero-order valence-electron chi connectivity index (χ0n) is 20.3. The standard InChI is InChI=1S/C28H50BrS/c1-3-5-7-9-11-13-14-16-18-20-22-26(25-27-23-24-30-28(27)29)21-19-17-15-12-10-8-6-4-2/h23,26H,3-22,25H2,1-2H3. The zero-order chi connectivity index (χ0) is 21.7.